The van der Waals surface area contributed by atoms with Crippen molar-refractivity contribution in [3.63, 3.8) is 0 Å². The largest absolute Gasteiger partial charge is 0.380 e. The minimum atomic E-state index is 0.0464. The molecule has 3 rings (SSSR count). The molecule has 1 aromatic rings. The molecular formula is C28H43N5. The highest BCUT2D eigenvalue weighted by molar-refractivity contribution is 5.55. The molecule has 1 saturated carbocycles. The van der Waals surface area contributed by atoms with Gasteiger partial charge in [-0.3, -0.25) is 0 Å². The second-order valence-electron chi connectivity index (χ2n) is 8.74. The lowest BCUT2D eigenvalue weighted by atomic mass is 9.86. The van der Waals surface area contributed by atoms with Crippen molar-refractivity contribution in [3.05, 3.63) is 85.7 Å². The number of anilines is 2. The average Bonchev–Trinajstić information content (AvgIpc) is 3.59. The highest BCUT2D eigenvalue weighted by Crippen LogP contribution is 2.36. The van der Waals surface area contributed by atoms with Crippen LogP contribution in [0.5, 0.6) is 0 Å². The number of rotatable bonds is 8. The van der Waals surface area contributed by atoms with Crippen molar-refractivity contribution in [3.8, 4) is 0 Å². The van der Waals surface area contributed by atoms with E-state index in [1.165, 1.54) is 18.4 Å². The lowest BCUT2D eigenvalue weighted by Gasteiger charge is -2.29. The van der Waals surface area contributed by atoms with Gasteiger partial charge in [-0.15, -0.1) is 13.2 Å². The maximum atomic E-state index is 4.35. The summed E-state index contributed by atoms with van der Waals surface area (Å²) in [5.41, 5.74) is 5.12. The second kappa shape index (κ2) is 12.8. The van der Waals surface area contributed by atoms with Gasteiger partial charge in [-0.1, -0.05) is 53.5 Å². The van der Waals surface area contributed by atoms with Crippen molar-refractivity contribution in [1.29, 1.82) is 0 Å². The third kappa shape index (κ3) is 8.08. The van der Waals surface area contributed by atoms with Crippen LogP contribution in [-0.4, -0.2) is 15.5 Å². The first-order valence-electron chi connectivity index (χ1n) is 11.8. The monoisotopic (exact) mass is 449 g/mol. The summed E-state index contributed by atoms with van der Waals surface area (Å²) in [6, 6.07) is 1.89. The summed E-state index contributed by atoms with van der Waals surface area (Å²) >= 11 is 0. The van der Waals surface area contributed by atoms with Crippen LogP contribution < -0.4 is 16.0 Å². The number of hydrogen-bond acceptors (Lipinski definition) is 5. The Morgan fingerprint density at radius 2 is 1.73 bits per heavy atom. The van der Waals surface area contributed by atoms with Crippen LogP contribution in [0.3, 0.4) is 0 Å². The van der Waals surface area contributed by atoms with Gasteiger partial charge in [0.15, 0.2) is 0 Å². The van der Waals surface area contributed by atoms with Crippen molar-refractivity contribution in [1.82, 2.24) is 15.3 Å². The molecule has 0 spiro atoms. The minimum Gasteiger partial charge on any atom is -0.380 e. The van der Waals surface area contributed by atoms with Gasteiger partial charge in [0, 0.05) is 28.7 Å². The summed E-state index contributed by atoms with van der Waals surface area (Å²) in [4.78, 5) is 8.64. The summed E-state index contributed by atoms with van der Waals surface area (Å²) in [5.74, 6) is 2.56. The molecule has 5 heteroatoms. The molecule has 1 unspecified atom stereocenters. The van der Waals surface area contributed by atoms with Gasteiger partial charge in [-0.2, -0.15) is 0 Å². The highest BCUT2D eigenvalue weighted by atomic mass is 15.1. The predicted molar refractivity (Wildman–Crippen MR) is 145 cm³/mol. The standard InChI is InChI=1S/C24H33N5.C2H6.C2H4/c1-15(2)21(11-10-20-13-24(7,16(3)4)29-18(20)6)28-23-12-22(25-14-26-23)27-17(5)19-8-9-19;2*1-2/h10-12,14,16,19,29H,1,5-6,8-9,13H2,2-4,7H3,(H2,25,26,27,28);1-2H3;1-2H2/b20-10+,21-11+;;. The maximum absolute atomic E-state index is 4.35. The first-order chi connectivity index (χ1) is 15.7. The lowest BCUT2D eigenvalue weighted by Crippen LogP contribution is -2.40. The molecule has 0 aromatic carbocycles. The molecular weight excluding hydrogens is 406 g/mol. The number of nitrogens with one attached hydrogen (secondary N) is 3. The van der Waals surface area contributed by atoms with Crippen LogP contribution in [0.15, 0.2) is 85.7 Å². The summed E-state index contributed by atoms with van der Waals surface area (Å²) in [7, 11) is 0. The first-order valence-corrected chi connectivity index (χ1v) is 11.8. The number of hydrogen-bond donors (Lipinski definition) is 3. The summed E-state index contributed by atoms with van der Waals surface area (Å²) < 4.78 is 0. The molecule has 3 N–H and O–H groups in total. The van der Waals surface area contributed by atoms with Crippen molar-refractivity contribution in [2.75, 3.05) is 10.6 Å². The van der Waals surface area contributed by atoms with E-state index in [1.54, 1.807) is 6.33 Å². The van der Waals surface area contributed by atoms with Crippen LogP contribution in [0, 0.1) is 11.8 Å². The zero-order chi connectivity index (χ0) is 25.2. The highest BCUT2D eigenvalue weighted by Gasteiger charge is 2.35. The maximum Gasteiger partial charge on any atom is 0.135 e. The van der Waals surface area contributed by atoms with Gasteiger partial charge in [-0.05, 0) is 62.2 Å². The lowest BCUT2D eigenvalue weighted by molar-refractivity contribution is 0.313. The van der Waals surface area contributed by atoms with E-state index in [9.17, 15) is 0 Å². The minimum absolute atomic E-state index is 0.0464. The molecule has 33 heavy (non-hydrogen) atoms. The Balaban J connectivity index is 0.00000129. The molecule has 1 aliphatic heterocycles. The van der Waals surface area contributed by atoms with Gasteiger partial charge >= 0.3 is 0 Å². The molecule has 5 nitrogen and oxygen atoms in total. The Bertz CT molecular complexity index is 905. The van der Waals surface area contributed by atoms with Gasteiger partial charge in [0.25, 0.3) is 0 Å². The Morgan fingerprint density at radius 3 is 2.21 bits per heavy atom. The topological polar surface area (TPSA) is 61.9 Å². The Hall–Kier alpha value is -3.08. The average molecular weight is 450 g/mol. The number of allylic oxidation sites excluding steroid dienone is 5. The summed E-state index contributed by atoms with van der Waals surface area (Å²) in [5, 5.41) is 10.2. The fourth-order valence-electron chi connectivity index (χ4n) is 3.28. The third-order valence-corrected chi connectivity index (χ3v) is 5.86. The van der Waals surface area contributed by atoms with Crippen LogP contribution in [0.25, 0.3) is 0 Å². The van der Waals surface area contributed by atoms with E-state index in [0.717, 1.165) is 34.9 Å². The van der Waals surface area contributed by atoms with Gasteiger partial charge in [-0.25, -0.2) is 9.97 Å². The smallest absolute Gasteiger partial charge is 0.135 e. The quantitative estimate of drug-likeness (QED) is 0.286. The fourth-order valence-corrected chi connectivity index (χ4v) is 3.28. The molecule has 0 radical (unpaired) electrons. The van der Waals surface area contributed by atoms with Crippen molar-refractivity contribution < 1.29 is 0 Å². The third-order valence-electron chi connectivity index (χ3n) is 5.86. The van der Waals surface area contributed by atoms with Gasteiger partial charge in [0.05, 0.1) is 0 Å². The first kappa shape index (κ1) is 28.0. The molecule has 2 fully saturated rings. The predicted octanol–water partition coefficient (Wildman–Crippen LogP) is 7.36. The van der Waals surface area contributed by atoms with Crippen molar-refractivity contribution in [2.45, 2.75) is 66.3 Å². The Kier molecular flexibility index (Phi) is 10.9. The van der Waals surface area contributed by atoms with Gasteiger partial charge in [0.2, 0.25) is 0 Å². The molecule has 1 aliphatic carbocycles. The van der Waals surface area contributed by atoms with Crippen molar-refractivity contribution in [2.24, 2.45) is 11.8 Å². The Morgan fingerprint density at radius 1 is 1.15 bits per heavy atom. The molecule has 2 heterocycles. The van der Waals surface area contributed by atoms with Crippen LogP contribution in [-0.2, 0) is 0 Å². The van der Waals surface area contributed by atoms with Crippen LogP contribution in [0.1, 0.15) is 60.8 Å². The number of aromatic nitrogens is 2. The zero-order valence-corrected chi connectivity index (χ0v) is 21.5. The van der Waals surface area contributed by atoms with E-state index in [4.69, 9.17) is 0 Å². The van der Waals surface area contributed by atoms with Gasteiger partial charge < -0.3 is 16.0 Å². The van der Waals surface area contributed by atoms with E-state index in [1.807, 2.05) is 26.8 Å². The number of nitrogens with zero attached hydrogens (tertiary/aromatic N) is 2. The van der Waals surface area contributed by atoms with E-state index in [0.29, 0.717) is 17.7 Å². The fraction of sp³-hybridized carbons (Fsp3) is 0.429. The summed E-state index contributed by atoms with van der Waals surface area (Å²) in [6.07, 6.45) is 9.08. The summed E-state index contributed by atoms with van der Waals surface area (Å²) in [6.45, 7) is 31.1. The van der Waals surface area contributed by atoms with E-state index < -0.39 is 0 Å². The van der Waals surface area contributed by atoms with Crippen LogP contribution in [0.4, 0.5) is 11.6 Å². The Labute approximate surface area is 201 Å². The second-order valence-corrected chi connectivity index (χ2v) is 8.74. The molecule has 1 atom stereocenters. The molecule has 0 amide bonds. The molecule has 1 saturated heterocycles. The zero-order valence-electron chi connectivity index (χ0n) is 21.5. The SMILES string of the molecule is C=C.C=C1NC(C)(C(C)C)C/C1=C\C=C(\Nc1cc(NC(=C)C2CC2)ncn1)C(=C)C.CC. The van der Waals surface area contributed by atoms with E-state index >= 15 is 0 Å². The normalized spacial score (nSPS) is 20.8. The molecule has 1 aromatic heterocycles. The molecule has 2 aliphatic rings. The van der Waals surface area contributed by atoms with Crippen LogP contribution >= 0.6 is 0 Å². The van der Waals surface area contributed by atoms with E-state index in [2.05, 4.69) is 91.7 Å². The molecule has 0 bridgehead atoms. The van der Waals surface area contributed by atoms with E-state index in [-0.39, 0.29) is 5.54 Å². The molecule has 180 valence electrons. The van der Waals surface area contributed by atoms with Gasteiger partial charge in [0.1, 0.15) is 18.0 Å². The van der Waals surface area contributed by atoms with Crippen LogP contribution in [0.2, 0.25) is 0 Å². The van der Waals surface area contributed by atoms with Crippen molar-refractivity contribution >= 4 is 11.6 Å².